The fraction of sp³-hybridized carbons (Fsp3) is 0.471. The third-order valence-corrected chi connectivity index (χ3v) is 5.20. The first-order valence-corrected chi connectivity index (χ1v) is 9.15. The topological polar surface area (TPSA) is 81.8 Å². The Labute approximate surface area is 161 Å². The molecule has 2 N–H and O–H groups in total. The molecule has 0 saturated carbocycles. The molecular weight excluding hydrogens is 379 g/mol. The van der Waals surface area contributed by atoms with E-state index >= 15 is 0 Å². The number of amides is 4. The average molecular weight is 399 g/mol. The van der Waals surface area contributed by atoms with Gasteiger partial charge in [0.1, 0.15) is 12.1 Å². The highest BCUT2D eigenvalue weighted by atomic mass is 35.5. The molecule has 2 aliphatic heterocycles. The zero-order chi connectivity index (χ0) is 19.0. The van der Waals surface area contributed by atoms with Gasteiger partial charge < -0.3 is 20.4 Å². The second-order valence-electron chi connectivity index (χ2n) is 6.78. The summed E-state index contributed by atoms with van der Waals surface area (Å²) < 4.78 is 0. The number of nitrogens with zero attached hydrogens (tertiary/aromatic N) is 2. The molecule has 1 aromatic carbocycles. The molecule has 0 aliphatic carbocycles. The maximum atomic E-state index is 12.6. The smallest absolute Gasteiger partial charge is 0.322 e. The molecule has 9 heteroatoms. The molecule has 0 radical (unpaired) electrons. The molecule has 2 fully saturated rings. The second-order valence-corrected chi connectivity index (χ2v) is 7.62. The molecule has 0 bridgehead atoms. The van der Waals surface area contributed by atoms with E-state index in [0.717, 1.165) is 0 Å². The minimum atomic E-state index is -0.669. The van der Waals surface area contributed by atoms with Gasteiger partial charge in [0.05, 0.1) is 17.3 Å². The summed E-state index contributed by atoms with van der Waals surface area (Å²) in [6.07, 6.45) is 0. The summed E-state index contributed by atoms with van der Waals surface area (Å²) >= 11 is 11.9. The van der Waals surface area contributed by atoms with Crippen LogP contribution in [0.5, 0.6) is 0 Å². The van der Waals surface area contributed by atoms with Crippen molar-refractivity contribution in [3.05, 3.63) is 28.2 Å². The molecule has 140 valence electrons. The van der Waals surface area contributed by atoms with Crippen LogP contribution in [-0.2, 0) is 9.59 Å². The highest BCUT2D eigenvalue weighted by Crippen LogP contribution is 2.26. The lowest BCUT2D eigenvalue weighted by atomic mass is 9.96. The van der Waals surface area contributed by atoms with E-state index in [9.17, 15) is 14.4 Å². The number of hydrogen-bond donors (Lipinski definition) is 2. The summed E-state index contributed by atoms with van der Waals surface area (Å²) in [5.41, 5.74) is 0.438. The zero-order valence-electron chi connectivity index (χ0n) is 14.5. The van der Waals surface area contributed by atoms with Gasteiger partial charge in [-0.3, -0.25) is 9.59 Å². The maximum absolute atomic E-state index is 12.6. The first-order valence-electron chi connectivity index (χ1n) is 8.39. The molecule has 0 unspecified atom stereocenters. The highest BCUT2D eigenvalue weighted by Gasteiger charge is 2.45. The lowest BCUT2D eigenvalue weighted by molar-refractivity contribution is -0.153. The van der Waals surface area contributed by atoms with E-state index in [1.54, 1.807) is 17.0 Å². The number of rotatable bonds is 2. The van der Waals surface area contributed by atoms with Crippen LogP contribution in [0.15, 0.2) is 18.2 Å². The van der Waals surface area contributed by atoms with Gasteiger partial charge in [0.25, 0.3) is 0 Å². The Hall–Kier alpha value is -1.99. The monoisotopic (exact) mass is 398 g/mol. The van der Waals surface area contributed by atoms with Crippen molar-refractivity contribution in [2.45, 2.75) is 25.9 Å². The lowest BCUT2D eigenvalue weighted by Crippen LogP contribution is -2.70. The lowest BCUT2D eigenvalue weighted by Gasteiger charge is -2.45. The molecule has 0 spiro atoms. The highest BCUT2D eigenvalue weighted by molar-refractivity contribution is 6.36. The van der Waals surface area contributed by atoms with Gasteiger partial charge >= 0.3 is 6.03 Å². The summed E-state index contributed by atoms with van der Waals surface area (Å²) in [5.74, 6) is -0.309. The quantitative estimate of drug-likeness (QED) is 0.800. The van der Waals surface area contributed by atoms with Crippen LogP contribution in [0, 0.1) is 5.92 Å². The van der Waals surface area contributed by atoms with Gasteiger partial charge in [0, 0.05) is 18.1 Å². The largest absolute Gasteiger partial charge is 0.342 e. The molecule has 4 amide bonds. The Balaban J connectivity index is 1.69. The van der Waals surface area contributed by atoms with Crippen LogP contribution in [0.2, 0.25) is 10.0 Å². The summed E-state index contributed by atoms with van der Waals surface area (Å²) in [6.45, 7) is 4.59. The van der Waals surface area contributed by atoms with E-state index in [2.05, 4.69) is 10.6 Å². The van der Waals surface area contributed by atoms with E-state index in [-0.39, 0.29) is 30.3 Å². The maximum Gasteiger partial charge on any atom is 0.322 e. The van der Waals surface area contributed by atoms with Crippen LogP contribution >= 0.6 is 23.2 Å². The molecule has 2 atom stereocenters. The number of urea groups is 1. The van der Waals surface area contributed by atoms with Crippen molar-refractivity contribution in [1.29, 1.82) is 0 Å². The Kier molecular flexibility index (Phi) is 5.29. The Morgan fingerprint density at radius 1 is 1.27 bits per heavy atom. The average Bonchev–Trinajstić information content (AvgIpc) is 2.59. The Morgan fingerprint density at radius 2 is 2.00 bits per heavy atom. The van der Waals surface area contributed by atoms with Crippen molar-refractivity contribution in [3.63, 3.8) is 0 Å². The predicted octanol–water partition coefficient (Wildman–Crippen LogP) is 2.19. The van der Waals surface area contributed by atoms with Crippen LogP contribution < -0.4 is 10.6 Å². The van der Waals surface area contributed by atoms with Gasteiger partial charge in [-0.25, -0.2) is 4.79 Å². The number of piperazine rings is 2. The normalized spacial score (nSPS) is 23.0. The molecule has 0 aromatic heterocycles. The Bertz CT molecular complexity index is 756. The fourth-order valence-electron chi connectivity index (χ4n) is 3.18. The Morgan fingerprint density at radius 3 is 2.65 bits per heavy atom. The molecule has 1 aromatic rings. The number of hydrogen-bond acceptors (Lipinski definition) is 3. The predicted molar refractivity (Wildman–Crippen MR) is 99.3 cm³/mol. The van der Waals surface area contributed by atoms with E-state index in [1.807, 2.05) is 13.8 Å². The minimum absolute atomic E-state index is 0.0146. The van der Waals surface area contributed by atoms with Crippen LogP contribution in [0.4, 0.5) is 10.5 Å². The standard InChI is InChI=1S/C17H20Cl2N4O3/c1-9(2)14-16(25)23-6-5-22(8-13(23)15(24)21-14)17(26)20-12-4-3-10(18)7-11(12)19/h3-4,7,9,13-14H,5-6,8H2,1-2H3,(H,20,26)(H,21,24)/t13-,14-/m1/s1. The van der Waals surface area contributed by atoms with Crippen molar-refractivity contribution >= 4 is 46.7 Å². The third-order valence-electron chi connectivity index (χ3n) is 4.66. The molecule has 26 heavy (non-hydrogen) atoms. The van der Waals surface area contributed by atoms with Crippen LogP contribution in [0.1, 0.15) is 13.8 Å². The summed E-state index contributed by atoms with van der Waals surface area (Å²) in [7, 11) is 0. The zero-order valence-corrected chi connectivity index (χ0v) is 16.0. The molecule has 2 heterocycles. The van der Waals surface area contributed by atoms with Gasteiger partial charge in [-0.2, -0.15) is 0 Å². The van der Waals surface area contributed by atoms with Crippen molar-refractivity contribution in [2.75, 3.05) is 25.0 Å². The second kappa shape index (κ2) is 7.32. The van der Waals surface area contributed by atoms with Crippen molar-refractivity contribution in [3.8, 4) is 0 Å². The first kappa shape index (κ1) is 18.8. The van der Waals surface area contributed by atoms with Gasteiger partial charge in [0.2, 0.25) is 11.8 Å². The molecule has 2 aliphatic rings. The van der Waals surface area contributed by atoms with Gasteiger partial charge in [-0.1, -0.05) is 37.0 Å². The number of anilines is 1. The molecule has 3 rings (SSSR count). The van der Waals surface area contributed by atoms with E-state index in [1.165, 1.54) is 11.0 Å². The van der Waals surface area contributed by atoms with Gasteiger partial charge in [-0.15, -0.1) is 0 Å². The molecule has 2 saturated heterocycles. The van der Waals surface area contributed by atoms with E-state index in [4.69, 9.17) is 23.2 Å². The van der Waals surface area contributed by atoms with Crippen LogP contribution in [-0.4, -0.2) is 59.4 Å². The van der Waals surface area contributed by atoms with E-state index in [0.29, 0.717) is 28.8 Å². The van der Waals surface area contributed by atoms with Crippen molar-refractivity contribution < 1.29 is 14.4 Å². The van der Waals surface area contributed by atoms with Crippen LogP contribution in [0.3, 0.4) is 0 Å². The van der Waals surface area contributed by atoms with Crippen LogP contribution in [0.25, 0.3) is 0 Å². The third kappa shape index (κ3) is 3.59. The van der Waals surface area contributed by atoms with Gasteiger partial charge in [0.15, 0.2) is 0 Å². The fourth-order valence-corrected chi connectivity index (χ4v) is 3.64. The molecular formula is C17H20Cl2N4O3. The molecule has 7 nitrogen and oxygen atoms in total. The SMILES string of the molecule is CC(C)[C@H]1NC(=O)[C@H]2CN(C(=O)Nc3ccc(Cl)cc3Cl)CCN2C1=O. The number of benzene rings is 1. The first-order chi connectivity index (χ1) is 12.3. The number of halogens is 2. The number of carbonyl (C=O) groups is 3. The van der Waals surface area contributed by atoms with Gasteiger partial charge in [-0.05, 0) is 24.1 Å². The minimum Gasteiger partial charge on any atom is -0.342 e. The van der Waals surface area contributed by atoms with Crippen molar-refractivity contribution in [1.82, 2.24) is 15.1 Å². The summed E-state index contributed by atoms with van der Waals surface area (Å²) in [5, 5.41) is 6.28. The van der Waals surface area contributed by atoms with E-state index < -0.39 is 12.1 Å². The number of fused-ring (bicyclic) bond motifs is 1. The summed E-state index contributed by atoms with van der Waals surface area (Å²) in [4.78, 5) is 40.6. The van der Waals surface area contributed by atoms with Crippen molar-refractivity contribution in [2.24, 2.45) is 5.92 Å². The summed E-state index contributed by atoms with van der Waals surface area (Å²) in [6, 6.07) is 3.23. The number of carbonyl (C=O) groups excluding carboxylic acids is 3. The number of nitrogens with one attached hydrogen (secondary N) is 2.